The molecular weight excluding hydrogens is 408 g/mol. The number of hydrogen-bond donors (Lipinski definition) is 0. The fourth-order valence-electron chi connectivity index (χ4n) is 5.17. The molecule has 0 radical (unpaired) electrons. The summed E-state index contributed by atoms with van der Waals surface area (Å²) < 4.78 is 0. The highest BCUT2D eigenvalue weighted by molar-refractivity contribution is 6.02. The summed E-state index contributed by atoms with van der Waals surface area (Å²) in [6.07, 6.45) is 4.22. The van der Waals surface area contributed by atoms with Crippen LogP contribution in [0, 0.1) is 11.3 Å². The van der Waals surface area contributed by atoms with E-state index in [0.29, 0.717) is 50.0 Å². The topological polar surface area (TPSA) is 102 Å². The molecule has 0 aromatic heterocycles. The first-order chi connectivity index (χ1) is 15.4. The molecule has 0 bridgehead atoms. The largest absolute Gasteiger partial charge is 0.329 e. The van der Waals surface area contributed by atoms with E-state index >= 15 is 0 Å². The molecular formula is C24H28N4O4. The van der Waals surface area contributed by atoms with Gasteiger partial charge in [-0.15, -0.1) is 0 Å². The minimum Gasteiger partial charge on any atom is -0.329 e. The van der Waals surface area contributed by atoms with Crippen molar-refractivity contribution in [1.82, 2.24) is 14.7 Å². The number of amides is 3. The van der Waals surface area contributed by atoms with Gasteiger partial charge in [0.1, 0.15) is 12.1 Å². The maximum atomic E-state index is 13.3. The Morgan fingerprint density at radius 1 is 0.844 bits per heavy atom. The molecule has 0 spiro atoms. The van der Waals surface area contributed by atoms with Gasteiger partial charge in [0.05, 0.1) is 12.1 Å². The summed E-state index contributed by atoms with van der Waals surface area (Å²) in [6.45, 7) is 3.04. The van der Waals surface area contributed by atoms with Crippen LogP contribution in [0.4, 0.5) is 0 Å². The molecule has 3 aliphatic rings. The second-order valence-electron chi connectivity index (χ2n) is 8.82. The van der Waals surface area contributed by atoms with Crippen molar-refractivity contribution in [3.05, 3.63) is 35.4 Å². The lowest BCUT2D eigenvalue weighted by Crippen LogP contribution is -2.49. The van der Waals surface area contributed by atoms with Crippen LogP contribution in [0.5, 0.6) is 0 Å². The van der Waals surface area contributed by atoms with Gasteiger partial charge in [-0.1, -0.05) is 6.07 Å². The average Bonchev–Trinajstić information content (AvgIpc) is 3.57. The van der Waals surface area contributed by atoms with E-state index < -0.39 is 18.1 Å². The molecule has 1 aromatic rings. The third kappa shape index (κ3) is 3.99. The minimum absolute atomic E-state index is 0.0286. The number of benzene rings is 1. The van der Waals surface area contributed by atoms with Crippen molar-refractivity contribution in [2.24, 2.45) is 0 Å². The molecule has 3 heterocycles. The van der Waals surface area contributed by atoms with Gasteiger partial charge in [-0.2, -0.15) is 5.26 Å². The van der Waals surface area contributed by atoms with Gasteiger partial charge in [0.2, 0.25) is 5.91 Å². The first kappa shape index (κ1) is 22.0. The molecule has 1 aromatic carbocycles. The van der Waals surface area contributed by atoms with Crippen molar-refractivity contribution in [3.8, 4) is 6.07 Å². The predicted octanol–water partition coefficient (Wildman–Crippen LogP) is 2.00. The molecule has 3 fully saturated rings. The van der Waals surface area contributed by atoms with E-state index in [4.69, 9.17) is 0 Å². The van der Waals surface area contributed by atoms with E-state index in [1.54, 1.807) is 39.0 Å². The van der Waals surface area contributed by atoms with Crippen molar-refractivity contribution in [2.75, 3.05) is 19.6 Å². The molecule has 168 valence electrons. The maximum Gasteiger partial charge on any atom is 0.254 e. The number of carbonyl (C=O) groups excluding carboxylic acids is 4. The van der Waals surface area contributed by atoms with Crippen LogP contribution >= 0.6 is 0 Å². The van der Waals surface area contributed by atoms with Crippen LogP contribution in [0.15, 0.2) is 24.3 Å². The smallest absolute Gasteiger partial charge is 0.254 e. The van der Waals surface area contributed by atoms with Gasteiger partial charge in [0.25, 0.3) is 11.8 Å². The Morgan fingerprint density at radius 3 is 1.97 bits per heavy atom. The van der Waals surface area contributed by atoms with Gasteiger partial charge in [-0.05, 0) is 63.6 Å². The van der Waals surface area contributed by atoms with E-state index in [0.717, 1.165) is 19.3 Å². The summed E-state index contributed by atoms with van der Waals surface area (Å²) >= 11 is 0. The quantitative estimate of drug-likeness (QED) is 0.718. The lowest BCUT2D eigenvalue weighted by Gasteiger charge is -2.29. The van der Waals surface area contributed by atoms with Crippen LogP contribution in [-0.4, -0.2) is 76.0 Å². The lowest BCUT2D eigenvalue weighted by atomic mass is 10.1. The fourth-order valence-corrected chi connectivity index (χ4v) is 5.17. The molecule has 3 amide bonds. The van der Waals surface area contributed by atoms with Crippen molar-refractivity contribution in [1.29, 1.82) is 5.26 Å². The van der Waals surface area contributed by atoms with Crippen LogP contribution < -0.4 is 0 Å². The highest BCUT2D eigenvalue weighted by atomic mass is 16.2. The van der Waals surface area contributed by atoms with Crippen molar-refractivity contribution in [2.45, 2.75) is 63.6 Å². The highest BCUT2D eigenvalue weighted by Crippen LogP contribution is 2.27. The molecule has 32 heavy (non-hydrogen) atoms. The molecule has 0 unspecified atom stereocenters. The Labute approximate surface area is 187 Å². The van der Waals surface area contributed by atoms with Crippen molar-refractivity contribution in [3.63, 3.8) is 0 Å². The van der Waals surface area contributed by atoms with Gasteiger partial charge in [0, 0.05) is 30.8 Å². The number of ketones is 1. The van der Waals surface area contributed by atoms with Crippen LogP contribution in [0.3, 0.4) is 0 Å². The summed E-state index contributed by atoms with van der Waals surface area (Å²) in [4.78, 5) is 56.1. The fraction of sp³-hybridized carbons (Fsp3) is 0.542. The first-order valence-electron chi connectivity index (χ1n) is 11.3. The Balaban J connectivity index is 1.52. The number of hydrogen-bond acceptors (Lipinski definition) is 5. The van der Waals surface area contributed by atoms with Crippen LogP contribution in [0.1, 0.15) is 66.2 Å². The summed E-state index contributed by atoms with van der Waals surface area (Å²) in [7, 11) is 0. The molecule has 4 rings (SSSR count). The number of likely N-dealkylation sites (tertiary alicyclic amines) is 3. The molecule has 0 aliphatic carbocycles. The van der Waals surface area contributed by atoms with Gasteiger partial charge in [-0.25, -0.2) is 0 Å². The highest BCUT2D eigenvalue weighted by Gasteiger charge is 2.40. The first-order valence-corrected chi connectivity index (χ1v) is 11.3. The number of Topliss-reactive ketones (excluding diaryl/α,β-unsaturated/α-hetero) is 1. The van der Waals surface area contributed by atoms with E-state index in [1.165, 1.54) is 6.92 Å². The number of nitrogens with zero attached hydrogens (tertiary/aromatic N) is 4. The van der Waals surface area contributed by atoms with Crippen molar-refractivity contribution >= 4 is 23.5 Å². The monoisotopic (exact) mass is 436 g/mol. The van der Waals surface area contributed by atoms with E-state index in [1.807, 2.05) is 0 Å². The number of carbonyl (C=O) groups is 4. The average molecular weight is 437 g/mol. The summed E-state index contributed by atoms with van der Waals surface area (Å²) in [5.41, 5.74) is 0.725. The molecule has 3 aliphatic heterocycles. The molecule has 3 saturated heterocycles. The zero-order valence-corrected chi connectivity index (χ0v) is 18.3. The maximum absolute atomic E-state index is 13.3. The second kappa shape index (κ2) is 9.11. The Hall–Kier alpha value is -3.21. The summed E-state index contributed by atoms with van der Waals surface area (Å²) in [5.74, 6) is -0.722. The van der Waals surface area contributed by atoms with Gasteiger partial charge < -0.3 is 14.7 Å². The summed E-state index contributed by atoms with van der Waals surface area (Å²) in [5, 5.41) is 9.33. The van der Waals surface area contributed by atoms with E-state index in [9.17, 15) is 24.4 Å². The van der Waals surface area contributed by atoms with Gasteiger partial charge in [0.15, 0.2) is 5.78 Å². The lowest BCUT2D eigenvalue weighted by molar-refractivity contribution is -0.135. The zero-order chi connectivity index (χ0) is 22.8. The minimum atomic E-state index is -0.573. The number of nitriles is 1. The molecule has 0 saturated carbocycles. The Kier molecular flexibility index (Phi) is 6.26. The van der Waals surface area contributed by atoms with Crippen LogP contribution in [0.2, 0.25) is 0 Å². The predicted molar refractivity (Wildman–Crippen MR) is 116 cm³/mol. The third-order valence-electron chi connectivity index (χ3n) is 6.82. The molecule has 3 atom stereocenters. The standard InChI is InChI=1S/C24H28N4O4/c1-16(29)20-9-4-12-27(20)22(30)17-6-2-7-18(14-17)23(31)28-13-5-10-21(28)24(32)26-11-3-8-19(26)15-25/h2,6-7,14,19-21H,3-5,8-13H2,1H3/t19-,20-,21+/m1/s1. The van der Waals surface area contributed by atoms with Crippen molar-refractivity contribution < 1.29 is 19.2 Å². The van der Waals surface area contributed by atoms with Gasteiger partial charge >= 0.3 is 0 Å². The Morgan fingerprint density at radius 2 is 1.38 bits per heavy atom. The van der Waals surface area contributed by atoms with Crippen LogP contribution in [0.25, 0.3) is 0 Å². The normalized spacial score (nSPS) is 25.1. The third-order valence-corrected chi connectivity index (χ3v) is 6.82. The van der Waals surface area contributed by atoms with Crippen LogP contribution in [-0.2, 0) is 9.59 Å². The SMILES string of the molecule is CC(=O)[C@H]1CCCN1C(=O)c1cccc(C(=O)N2CCC[C@H]2C(=O)N2CCC[C@@H]2C#N)c1. The summed E-state index contributed by atoms with van der Waals surface area (Å²) in [6, 6.07) is 7.32. The molecule has 0 N–H and O–H groups in total. The second-order valence-corrected chi connectivity index (χ2v) is 8.82. The van der Waals surface area contributed by atoms with Gasteiger partial charge in [-0.3, -0.25) is 19.2 Å². The number of rotatable bonds is 4. The molecule has 8 heteroatoms. The Bertz CT molecular complexity index is 984. The zero-order valence-electron chi connectivity index (χ0n) is 18.3. The van der Waals surface area contributed by atoms with E-state index in [-0.39, 0.29) is 23.5 Å². The molecule has 8 nitrogen and oxygen atoms in total. The van der Waals surface area contributed by atoms with E-state index in [2.05, 4.69) is 6.07 Å².